The SMILES string of the molecule is [2H]C1[C@]([2H])(c2ncc(-c3cn(C([2H])([2H])[2H])cn3)s2)NS(=O)(=O)N(C)[C@]1([2H])C(=O)Nc1ccc(F)c(Cl)c1. The molecule has 1 unspecified atom stereocenters. The first-order valence-electron chi connectivity index (χ1n) is 11.6. The van der Waals surface area contributed by atoms with E-state index in [1.165, 1.54) is 12.4 Å². The number of benzene rings is 1. The maximum Gasteiger partial charge on any atom is 0.280 e. The highest BCUT2D eigenvalue weighted by Crippen LogP contribution is 2.34. The highest BCUT2D eigenvalue weighted by atomic mass is 35.5. The minimum atomic E-state index is -4.67. The zero-order valence-corrected chi connectivity index (χ0v) is 18.0. The Balaban J connectivity index is 1.72. The quantitative estimate of drug-likeness (QED) is 0.584. The van der Waals surface area contributed by atoms with Crippen molar-refractivity contribution in [2.24, 2.45) is 6.98 Å². The van der Waals surface area contributed by atoms with Crippen LogP contribution in [-0.2, 0) is 22.0 Å². The first-order valence-corrected chi connectivity index (χ1v) is 11.1. The molecule has 3 atom stereocenters. The summed E-state index contributed by atoms with van der Waals surface area (Å²) in [5, 5.41) is 1.64. The van der Waals surface area contributed by atoms with Crippen molar-refractivity contribution in [1.82, 2.24) is 23.6 Å². The number of thiazole rings is 1. The van der Waals surface area contributed by atoms with E-state index >= 15 is 0 Å². The molecule has 1 amide bonds. The number of imidazole rings is 1. The smallest absolute Gasteiger partial charge is 0.280 e. The van der Waals surface area contributed by atoms with Crippen LogP contribution in [-0.4, -0.2) is 46.2 Å². The molecule has 1 aliphatic rings. The molecule has 164 valence electrons. The van der Waals surface area contributed by atoms with Gasteiger partial charge in [-0.05, 0) is 24.6 Å². The summed E-state index contributed by atoms with van der Waals surface area (Å²) in [4.78, 5) is 21.5. The summed E-state index contributed by atoms with van der Waals surface area (Å²) in [5.41, 5.74) is 0.111. The summed E-state index contributed by atoms with van der Waals surface area (Å²) < 4.78 is 91.2. The fraction of sp³-hybridized carbons (Fsp3) is 0.278. The summed E-state index contributed by atoms with van der Waals surface area (Å²) in [5.74, 6) is -2.05. The van der Waals surface area contributed by atoms with Crippen molar-refractivity contribution in [1.29, 1.82) is 0 Å². The lowest BCUT2D eigenvalue weighted by atomic mass is 10.1. The van der Waals surface area contributed by atoms with Crippen LogP contribution >= 0.6 is 22.9 Å². The molecule has 13 heteroatoms. The van der Waals surface area contributed by atoms with E-state index in [1.54, 1.807) is 0 Å². The fourth-order valence-corrected chi connectivity index (χ4v) is 4.70. The van der Waals surface area contributed by atoms with Gasteiger partial charge < -0.3 is 9.88 Å². The minimum absolute atomic E-state index is 0.0588. The maximum atomic E-state index is 13.5. The van der Waals surface area contributed by atoms with Crippen LogP contribution in [0.25, 0.3) is 10.6 Å². The molecule has 1 saturated heterocycles. The second-order valence-corrected chi connectivity index (χ2v) is 9.44. The highest BCUT2D eigenvalue weighted by molar-refractivity contribution is 7.87. The molecule has 2 aromatic heterocycles. The van der Waals surface area contributed by atoms with Gasteiger partial charge in [-0.3, -0.25) is 4.79 Å². The van der Waals surface area contributed by atoms with Gasteiger partial charge in [0.1, 0.15) is 16.8 Å². The number of nitrogens with zero attached hydrogens (tertiary/aromatic N) is 4. The maximum absolute atomic E-state index is 13.5. The van der Waals surface area contributed by atoms with Gasteiger partial charge in [0.2, 0.25) is 5.91 Å². The number of aromatic nitrogens is 3. The van der Waals surface area contributed by atoms with Gasteiger partial charge in [0.05, 0.1) is 30.7 Å². The second kappa shape index (κ2) is 8.28. The molecule has 0 radical (unpaired) electrons. The zero-order chi connectivity index (χ0) is 27.6. The zero-order valence-electron chi connectivity index (χ0n) is 21.6. The third-order valence-corrected chi connectivity index (χ3v) is 6.94. The van der Waals surface area contributed by atoms with Crippen molar-refractivity contribution >= 4 is 44.7 Å². The van der Waals surface area contributed by atoms with Crippen LogP contribution in [0.1, 0.15) is 25.6 Å². The van der Waals surface area contributed by atoms with Crippen LogP contribution < -0.4 is 10.0 Å². The van der Waals surface area contributed by atoms with E-state index in [4.69, 9.17) is 19.8 Å². The van der Waals surface area contributed by atoms with Crippen molar-refractivity contribution in [3.8, 4) is 10.6 Å². The van der Waals surface area contributed by atoms with Crippen molar-refractivity contribution in [2.45, 2.75) is 18.4 Å². The van der Waals surface area contributed by atoms with Gasteiger partial charge in [-0.2, -0.15) is 17.4 Å². The van der Waals surface area contributed by atoms with Gasteiger partial charge >= 0.3 is 0 Å². The Hall–Kier alpha value is -2.38. The lowest BCUT2D eigenvalue weighted by Gasteiger charge is -2.35. The number of aryl methyl sites for hydroxylation is 1. The van der Waals surface area contributed by atoms with Gasteiger partial charge in [-0.15, -0.1) is 11.3 Å². The van der Waals surface area contributed by atoms with Crippen molar-refractivity contribution in [3.63, 3.8) is 0 Å². The van der Waals surface area contributed by atoms with E-state index in [2.05, 4.69) is 15.3 Å². The summed E-state index contributed by atoms with van der Waals surface area (Å²) in [7, 11) is -3.76. The van der Waals surface area contributed by atoms with E-state index in [1.807, 2.05) is 4.72 Å². The Bertz CT molecular complexity index is 1490. The lowest BCUT2D eigenvalue weighted by Crippen LogP contribution is -2.55. The molecule has 1 fully saturated rings. The molecular weight excluding hydrogens is 467 g/mol. The average Bonchev–Trinajstić information content (AvgIpc) is 3.48. The van der Waals surface area contributed by atoms with E-state index in [0.29, 0.717) is 4.31 Å². The third-order valence-electron chi connectivity index (χ3n) is 4.20. The van der Waals surface area contributed by atoms with Crippen LogP contribution in [0.4, 0.5) is 10.1 Å². The molecule has 1 aromatic carbocycles. The van der Waals surface area contributed by atoms with E-state index in [-0.39, 0.29) is 26.3 Å². The number of likely N-dealkylation sites (N-methyl/N-ethyl adjacent to an activating group) is 1. The lowest BCUT2D eigenvalue weighted by molar-refractivity contribution is -0.120. The molecule has 0 bridgehead atoms. The number of hydrogen-bond donors (Lipinski definition) is 2. The number of carbonyl (C=O) groups is 1. The van der Waals surface area contributed by atoms with E-state index in [0.717, 1.165) is 47.5 Å². The third kappa shape index (κ3) is 4.48. The van der Waals surface area contributed by atoms with Crippen LogP contribution in [0, 0.1) is 5.82 Å². The van der Waals surface area contributed by atoms with Gasteiger partial charge in [-0.1, -0.05) is 11.6 Å². The number of anilines is 1. The molecular formula is C18H18ClFN6O3S2. The molecule has 4 rings (SSSR count). The number of halogens is 2. The number of nitrogens with one attached hydrogen (secondary N) is 2. The molecule has 1 aliphatic heterocycles. The van der Waals surface area contributed by atoms with Gasteiger partial charge in [0.25, 0.3) is 10.2 Å². The molecule has 2 N–H and O–H groups in total. The largest absolute Gasteiger partial charge is 0.340 e. The van der Waals surface area contributed by atoms with Crippen molar-refractivity contribution in [3.05, 3.63) is 52.8 Å². The van der Waals surface area contributed by atoms with Crippen LogP contribution in [0.3, 0.4) is 0 Å². The van der Waals surface area contributed by atoms with Crippen molar-refractivity contribution < 1.29 is 25.8 Å². The molecule has 0 spiro atoms. The number of carbonyl (C=O) groups excluding carboxylic acids is 1. The Morgan fingerprint density at radius 2 is 2.32 bits per heavy atom. The monoisotopic (exact) mass is 490 g/mol. The number of hydrogen-bond acceptors (Lipinski definition) is 6. The number of rotatable bonds is 4. The molecule has 9 nitrogen and oxygen atoms in total. The molecule has 0 aliphatic carbocycles. The Morgan fingerprint density at radius 1 is 1.52 bits per heavy atom. The topological polar surface area (TPSA) is 109 Å². The molecule has 3 heterocycles. The summed E-state index contributed by atoms with van der Waals surface area (Å²) in [6, 6.07) is -2.33. The van der Waals surface area contributed by atoms with Gasteiger partial charge in [0, 0.05) is 37.6 Å². The van der Waals surface area contributed by atoms with Crippen LogP contribution in [0.2, 0.25) is 5.02 Å². The summed E-state index contributed by atoms with van der Waals surface area (Å²) in [6.07, 6.45) is 1.41. The molecule has 0 saturated carbocycles. The Morgan fingerprint density at radius 3 is 3.03 bits per heavy atom. The highest BCUT2D eigenvalue weighted by Gasteiger charge is 2.41. The first-order chi connectivity index (χ1) is 17.0. The Labute approximate surface area is 195 Å². The predicted octanol–water partition coefficient (Wildman–Crippen LogP) is 2.55. The fourth-order valence-electron chi connectivity index (χ4n) is 2.64. The van der Waals surface area contributed by atoms with Gasteiger partial charge in [0.15, 0.2) is 0 Å². The van der Waals surface area contributed by atoms with Crippen LogP contribution in [0.15, 0.2) is 36.9 Å². The van der Waals surface area contributed by atoms with E-state index in [9.17, 15) is 17.6 Å². The summed E-state index contributed by atoms with van der Waals surface area (Å²) in [6.45, 7) is -2.49. The second-order valence-electron chi connectivity index (χ2n) is 6.30. The molecule has 31 heavy (non-hydrogen) atoms. The predicted molar refractivity (Wildman–Crippen MR) is 115 cm³/mol. The van der Waals surface area contributed by atoms with Gasteiger partial charge in [-0.25, -0.2) is 14.4 Å². The first kappa shape index (κ1) is 15.4. The summed E-state index contributed by atoms with van der Waals surface area (Å²) >= 11 is 6.47. The van der Waals surface area contributed by atoms with E-state index < -0.39 is 47.3 Å². The van der Waals surface area contributed by atoms with Crippen molar-refractivity contribution in [2.75, 3.05) is 12.4 Å². The Kier molecular flexibility index (Phi) is 4.12. The van der Waals surface area contributed by atoms with Crippen LogP contribution in [0.5, 0.6) is 0 Å². The average molecular weight is 491 g/mol. The number of amides is 1. The standard InChI is InChI=1S/C18H18ClFN6O3S2/c1-25-8-14(22-9-25)16-7-21-18(30-16)13-6-15(26(2)31(28,29)24-13)17(27)23-10-3-4-12(20)11(19)5-10/h3-5,7-9,13,15,24H,6H2,1-2H3,(H,23,27)/t13-,15+/m1/s1/i1D3,6D,13D,15D/t6?,13-,15+. The normalized spacial score (nSPS) is 31.5. The molecule has 3 aromatic rings. The minimum Gasteiger partial charge on any atom is -0.340 e.